The van der Waals surface area contributed by atoms with Crippen LogP contribution in [-0.2, 0) is 32.4 Å². The van der Waals surface area contributed by atoms with Gasteiger partial charge in [-0.25, -0.2) is 12.8 Å². The molecule has 0 radical (unpaired) electrons. The summed E-state index contributed by atoms with van der Waals surface area (Å²) in [6.07, 6.45) is 2.37. The number of hydrogen-bond donors (Lipinski definition) is 2. The van der Waals surface area contributed by atoms with Crippen molar-refractivity contribution in [3.05, 3.63) is 89.2 Å². The van der Waals surface area contributed by atoms with Crippen LogP contribution in [0.1, 0.15) is 40.7 Å². The molecule has 1 fully saturated rings. The Morgan fingerprint density at radius 3 is 2.48 bits per heavy atom. The highest BCUT2D eigenvalue weighted by Crippen LogP contribution is 2.33. The molecule has 3 atom stereocenters. The lowest BCUT2D eigenvalue weighted by molar-refractivity contribution is -0.134. The predicted octanol–water partition coefficient (Wildman–Crippen LogP) is 3.68. The summed E-state index contributed by atoms with van der Waals surface area (Å²) in [6, 6.07) is 17.4. The number of sulfonamides is 1. The molecule has 42 heavy (non-hydrogen) atoms. The van der Waals surface area contributed by atoms with E-state index < -0.39 is 26.8 Å². The van der Waals surface area contributed by atoms with Crippen molar-refractivity contribution in [1.29, 1.82) is 0 Å². The Labute approximate surface area is 244 Å². The third-order valence-electron chi connectivity index (χ3n) is 8.22. The van der Waals surface area contributed by atoms with E-state index in [0.29, 0.717) is 12.8 Å². The van der Waals surface area contributed by atoms with Gasteiger partial charge in [-0.05, 0) is 67.1 Å². The van der Waals surface area contributed by atoms with Crippen LogP contribution in [-0.4, -0.2) is 63.1 Å². The van der Waals surface area contributed by atoms with Crippen LogP contribution in [0.25, 0.3) is 0 Å². The molecule has 3 aromatic rings. The first-order chi connectivity index (χ1) is 20.2. The minimum Gasteiger partial charge on any atom is -0.490 e. The van der Waals surface area contributed by atoms with E-state index in [0.717, 1.165) is 18.9 Å². The van der Waals surface area contributed by atoms with Gasteiger partial charge in [0.25, 0.3) is 15.9 Å². The maximum absolute atomic E-state index is 14.1. The molecule has 2 aliphatic heterocycles. The zero-order chi connectivity index (χ0) is 29.4. The highest BCUT2D eigenvalue weighted by Gasteiger charge is 2.39. The fourth-order valence-electron chi connectivity index (χ4n) is 6.12. The lowest BCUT2D eigenvalue weighted by Gasteiger charge is -2.42. The van der Waals surface area contributed by atoms with Crippen LogP contribution in [0.4, 0.5) is 10.1 Å². The molecule has 6 rings (SSSR count). The zero-order valence-electron chi connectivity index (χ0n) is 23.1. The third-order valence-corrected chi connectivity index (χ3v) is 9.63. The van der Waals surface area contributed by atoms with E-state index in [2.05, 4.69) is 22.2 Å². The first-order valence-electron chi connectivity index (χ1n) is 14.0. The average Bonchev–Trinajstić information content (AvgIpc) is 3.37. The molecule has 0 spiro atoms. The number of nitrogens with one attached hydrogen (secondary N) is 2. The number of ether oxygens (including phenoxy) is 2. The molecule has 0 unspecified atom stereocenters. The lowest BCUT2D eigenvalue weighted by atomic mass is 9.94. The monoisotopic (exact) mass is 593 g/mol. The van der Waals surface area contributed by atoms with Crippen LogP contribution in [0, 0.1) is 5.82 Å². The SMILES string of the molecule is CN1C(=O)c2cc(NS(=O)(=O)c3ccccc3F)ccc2OC[C@@H]2O[C@@H](CC(=O)NC3Cc4ccccc4C3)CC[C@H]21. The lowest BCUT2D eigenvalue weighted by Crippen LogP contribution is -2.54. The Morgan fingerprint density at radius 1 is 1.02 bits per heavy atom. The predicted molar refractivity (Wildman–Crippen MR) is 153 cm³/mol. The van der Waals surface area contributed by atoms with Gasteiger partial charge in [0, 0.05) is 18.8 Å². The molecule has 1 aliphatic carbocycles. The second kappa shape index (κ2) is 11.4. The second-order valence-electron chi connectivity index (χ2n) is 11.1. The van der Waals surface area contributed by atoms with Gasteiger partial charge in [0.05, 0.1) is 24.1 Å². The van der Waals surface area contributed by atoms with E-state index in [1.807, 2.05) is 12.1 Å². The smallest absolute Gasteiger partial charge is 0.264 e. The van der Waals surface area contributed by atoms with Crippen molar-refractivity contribution >= 4 is 27.5 Å². The summed E-state index contributed by atoms with van der Waals surface area (Å²) in [5.41, 5.74) is 2.84. The van der Waals surface area contributed by atoms with Crippen molar-refractivity contribution < 1.29 is 31.9 Å². The summed E-state index contributed by atoms with van der Waals surface area (Å²) in [5, 5.41) is 3.15. The summed E-state index contributed by atoms with van der Waals surface area (Å²) >= 11 is 0. The molecule has 0 saturated carbocycles. The number of hydrogen-bond acceptors (Lipinski definition) is 6. The summed E-state index contributed by atoms with van der Waals surface area (Å²) in [4.78, 5) is 27.5. The minimum atomic E-state index is -4.22. The number of halogens is 1. The van der Waals surface area contributed by atoms with E-state index in [1.165, 1.54) is 47.5 Å². The van der Waals surface area contributed by atoms with Gasteiger partial charge in [0.15, 0.2) is 0 Å². The van der Waals surface area contributed by atoms with Crippen LogP contribution < -0.4 is 14.8 Å². The van der Waals surface area contributed by atoms with Gasteiger partial charge in [0.2, 0.25) is 5.91 Å². The van der Waals surface area contributed by atoms with Crippen LogP contribution in [0.5, 0.6) is 5.75 Å². The standard InChI is InChI=1S/C31H32FN3O6S/c1-35-26-12-11-23(17-30(36)33-22-14-19-6-2-3-7-20(19)15-22)41-28(26)18-40-27-13-10-21(16-24(27)31(35)37)34-42(38,39)29-9-5-4-8-25(29)32/h2-10,13,16,22-23,26,28,34H,11-12,14-15,17-18H2,1H3,(H,33,36)/t23-,26-,28+/m1/s1. The largest absolute Gasteiger partial charge is 0.490 e. The van der Waals surface area contributed by atoms with Gasteiger partial charge >= 0.3 is 0 Å². The van der Waals surface area contributed by atoms with E-state index in [-0.39, 0.29) is 60.0 Å². The van der Waals surface area contributed by atoms with Gasteiger partial charge in [-0.1, -0.05) is 36.4 Å². The topological polar surface area (TPSA) is 114 Å². The number of rotatable bonds is 6. The molecule has 1 saturated heterocycles. The highest BCUT2D eigenvalue weighted by atomic mass is 32.2. The summed E-state index contributed by atoms with van der Waals surface area (Å²) in [5.74, 6) is -1.00. The van der Waals surface area contributed by atoms with E-state index in [9.17, 15) is 22.4 Å². The number of anilines is 1. The van der Waals surface area contributed by atoms with E-state index >= 15 is 0 Å². The molecular formula is C31H32FN3O6S. The van der Waals surface area contributed by atoms with Crippen molar-refractivity contribution in [2.24, 2.45) is 0 Å². The van der Waals surface area contributed by atoms with E-state index in [4.69, 9.17) is 9.47 Å². The second-order valence-corrected chi connectivity index (χ2v) is 12.7. The Bertz CT molecular complexity index is 1610. The molecule has 220 valence electrons. The van der Waals surface area contributed by atoms with Gasteiger partial charge in [-0.2, -0.15) is 0 Å². The summed E-state index contributed by atoms with van der Waals surface area (Å²) in [7, 11) is -2.54. The quantitative estimate of drug-likeness (QED) is 0.451. The van der Waals surface area contributed by atoms with Gasteiger partial charge in [-0.3, -0.25) is 14.3 Å². The highest BCUT2D eigenvalue weighted by molar-refractivity contribution is 7.92. The Hall–Kier alpha value is -3.96. The first kappa shape index (κ1) is 28.2. The first-order valence-corrected chi connectivity index (χ1v) is 15.5. The molecule has 0 aromatic heterocycles. The number of amides is 2. The molecule has 2 heterocycles. The van der Waals surface area contributed by atoms with Crippen LogP contribution in [0.15, 0.2) is 71.6 Å². The number of benzene rings is 3. The maximum Gasteiger partial charge on any atom is 0.264 e. The summed E-state index contributed by atoms with van der Waals surface area (Å²) < 4.78 is 54.3. The number of carbonyl (C=O) groups is 2. The third kappa shape index (κ3) is 5.71. The number of fused-ring (bicyclic) bond motifs is 3. The van der Waals surface area contributed by atoms with E-state index in [1.54, 1.807) is 11.9 Å². The van der Waals surface area contributed by atoms with Crippen molar-refractivity contribution in [2.75, 3.05) is 18.4 Å². The van der Waals surface area contributed by atoms with Crippen LogP contribution in [0.2, 0.25) is 0 Å². The molecule has 11 heteroatoms. The molecule has 2 amide bonds. The van der Waals surface area contributed by atoms with Crippen molar-refractivity contribution in [3.8, 4) is 5.75 Å². The number of carbonyl (C=O) groups excluding carboxylic acids is 2. The summed E-state index contributed by atoms with van der Waals surface area (Å²) in [6.45, 7) is 0.158. The van der Waals surface area contributed by atoms with Crippen molar-refractivity contribution in [2.45, 2.75) is 61.3 Å². The fourth-order valence-corrected chi connectivity index (χ4v) is 7.25. The Kier molecular flexibility index (Phi) is 7.63. The molecule has 2 N–H and O–H groups in total. The molecular weight excluding hydrogens is 561 g/mol. The molecule has 3 aromatic carbocycles. The van der Waals surface area contributed by atoms with Crippen molar-refractivity contribution in [1.82, 2.24) is 10.2 Å². The maximum atomic E-state index is 14.1. The van der Waals surface area contributed by atoms with Gasteiger partial charge in [0.1, 0.15) is 29.2 Å². The normalized spacial score (nSPS) is 22.2. The van der Waals surface area contributed by atoms with Crippen LogP contribution >= 0.6 is 0 Å². The molecule has 0 bridgehead atoms. The number of nitrogens with zero attached hydrogens (tertiary/aromatic N) is 1. The number of likely N-dealkylation sites (N-methyl/N-ethyl adjacent to an activating group) is 1. The molecule has 9 nitrogen and oxygen atoms in total. The van der Waals surface area contributed by atoms with Crippen molar-refractivity contribution in [3.63, 3.8) is 0 Å². The zero-order valence-corrected chi connectivity index (χ0v) is 23.9. The molecule has 3 aliphatic rings. The minimum absolute atomic E-state index is 0.0526. The van der Waals surface area contributed by atoms with Gasteiger partial charge in [-0.15, -0.1) is 0 Å². The Balaban J connectivity index is 1.11. The van der Waals surface area contributed by atoms with Crippen LogP contribution in [0.3, 0.4) is 0 Å². The average molecular weight is 594 g/mol. The Morgan fingerprint density at radius 2 is 1.74 bits per heavy atom. The fraction of sp³-hybridized carbons (Fsp3) is 0.355. The van der Waals surface area contributed by atoms with Gasteiger partial charge < -0.3 is 19.7 Å².